The number of carbonyl (C=O) groups is 1. The van der Waals surface area contributed by atoms with Gasteiger partial charge < -0.3 is 5.73 Å². The van der Waals surface area contributed by atoms with Crippen LogP contribution in [0.25, 0.3) is 16.8 Å². The first-order valence-electron chi connectivity index (χ1n) is 8.11. The van der Waals surface area contributed by atoms with Gasteiger partial charge in [-0.05, 0) is 17.7 Å². The molecule has 3 aromatic rings. The molecule has 13 heteroatoms. The van der Waals surface area contributed by atoms with Crippen LogP contribution in [0.1, 0.15) is 11.3 Å². The third-order valence-electron chi connectivity index (χ3n) is 4.01. The number of hydrogen-bond acceptors (Lipinski definition) is 5. The number of hydrogen-bond donors (Lipinski definition) is 2. The van der Waals surface area contributed by atoms with Gasteiger partial charge in [-0.3, -0.25) is 4.79 Å². The Labute approximate surface area is 173 Å². The number of rotatable bonds is 5. The summed E-state index contributed by atoms with van der Waals surface area (Å²) in [6.45, 7) is 0. The number of primary sulfonamides is 1. The molecule has 0 aliphatic rings. The zero-order valence-electron chi connectivity index (χ0n) is 14.9. The maximum Gasteiger partial charge on any atom is 0.436 e. The molecule has 0 fully saturated rings. The highest BCUT2D eigenvalue weighted by Gasteiger charge is 2.35. The Kier molecular flexibility index (Phi) is 5.58. The van der Waals surface area contributed by atoms with Crippen LogP contribution in [0.4, 0.5) is 13.2 Å². The van der Waals surface area contributed by atoms with E-state index in [-0.39, 0.29) is 33.8 Å². The van der Waals surface area contributed by atoms with Gasteiger partial charge in [-0.2, -0.15) is 18.3 Å². The number of halogens is 4. The second-order valence-electron chi connectivity index (χ2n) is 6.13. The van der Waals surface area contributed by atoms with E-state index in [1.165, 1.54) is 18.2 Å². The Bertz CT molecular complexity index is 1240. The van der Waals surface area contributed by atoms with E-state index in [0.29, 0.717) is 11.0 Å². The predicted molar refractivity (Wildman–Crippen MR) is 101 cm³/mol. The Morgan fingerprint density at radius 1 is 1.17 bits per heavy atom. The highest BCUT2D eigenvalue weighted by atomic mass is 35.5. The molecule has 0 saturated carbocycles. The summed E-state index contributed by atoms with van der Waals surface area (Å²) in [5, 5.41) is 12.3. The largest absolute Gasteiger partial charge is 0.436 e. The molecule has 0 aliphatic carbocycles. The van der Waals surface area contributed by atoms with Gasteiger partial charge in [-0.25, -0.2) is 13.6 Å². The summed E-state index contributed by atoms with van der Waals surface area (Å²) in [6.07, 6.45) is -4.72. The Hall–Kier alpha value is -2.96. The van der Waals surface area contributed by atoms with Crippen molar-refractivity contribution < 1.29 is 26.4 Å². The zero-order valence-corrected chi connectivity index (χ0v) is 16.5. The molecule has 4 N–H and O–H groups in total. The first kappa shape index (κ1) is 21.7. The van der Waals surface area contributed by atoms with E-state index in [1.54, 1.807) is 12.1 Å². The van der Waals surface area contributed by atoms with E-state index in [2.05, 4.69) is 10.2 Å². The molecule has 2 aromatic carbocycles. The van der Waals surface area contributed by atoms with E-state index in [9.17, 15) is 26.4 Å². The van der Waals surface area contributed by atoms with Crippen molar-refractivity contribution in [1.29, 1.82) is 0 Å². The van der Waals surface area contributed by atoms with Gasteiger partial charge in [0.2, 0.25) is 15.9 Å². The monoisotopic (exact) mass is 459 g/mol. The molecule has 0 bridgehead atoms. The average molecular weight is 460 g/mol. The minimum Gasteiger partial charge on any atom is -0.369 e. The number of primary amides is 1. The van der Waals surface area contributed by atoms with Crippen molar-refractivity contribution in [3.05, 3.63) is 58.9 Å². The molecule has 30 heavy (non-hydrogen) atoms. The summed E-state index contributed by atoms with van der Waals surface area (Å²) in [4.78, 5) is 11.4. The number of nitrogens with two attached hydrogens (primary N) is 2. The minimum absolute atomic E-state index is 0.0785. The summed E-state index contributed by atoms with van der Waals surface area (Å²) in [6, 6.07) is 8.55. The van der Waals surface area contributed by atoms with Gasteiger partial charge in [0, 0.05) is 16.1 Å². The average Bonchev–Trinajstić information content (AvgIpc) is 3.11. The van der Waals surface area contributed by atoms with Crippen molar-refractivity contribution >= 4 is 27.5 Å². The molecular formula is C17H13ClF3N5O3S. The lowest BCUT2D eigenvalue weighted by Gasteiger charge is -2.17. The van der Waals surface area contributed by atoms with Crippen molar-refractivity contribution in [3.8, 4) is 16.8 Å². The molecule has 0 aliphatic heterocycles. The first-order valence-corrected chi connectivity index (χ1v) is 10.0. The maximum atomic E-state index is 12.9. The van der Waals surface area contributed by atoms with Crippen LogP contribution in [0.2, 0.25) is 5.02 Å². The molecule has 0 unspecified atom stereocenters. The van der Waals surface area contributed by atoms with Gasteiger partial charge in [0.05, 0.1) is 12.6 Å². The topological polar surface area (TPSA) is 134 Å². The normalized spacial score (nSPS) is 12.2. The van der Waals surface area contributed by atoms with Crippen LogP contribution in [0.3, 0.4) is 0 Å². The Morgan fingerprint density at radius 3 is 2.37 bits per heavy atom. The summed E-state index contributed by atoms with van der Waals surface area (Å²) < 4.78 is 63.8. The lowest BCUT2D eigenvalue weighted by Crippen LogP contribution is -2.21. The van der Waals surface area contributed by atoms with Gasteiger partial charge >= 0.3 is 6.18 Å². The number of amides is 1. The van der Waals surface area contributed by atoms with Crippen LogP contribution in [0, 0.1) is 0 Å². The fourth-order valence-electron chi connectivity index (χ4n) is 2.86. The second-order valence-corrected chi connectivity index (χ2v) is 8.04. The third-order valence-corrected chi connectivity index (χ3v) is 5.33. The van der Waals surface area contributed by atoms with E-state index >= 15 is 0 Å². The van der Waals surface area contributed by atoms with Crippen molar-refractivity contribution in [2.45, 2.75) is 17.5 Å². The highest BCUT2D eigenvalue weighted by Crippen LogP contribution is 2.38. The van der Waals surface area contributed by atoms with Crippen molar-refractivity contribution in [1.82, 2.24) is 15.0 Å². The number of carbonyl (C=O) groups excluding carboxylic acids is 1. The molecule has 8 nitrogen and oxygen atoms in total. The van der Waals surface area contributed by atoms with Crippen LogP contribution >= 0.6 is 11.6 Å². The minimum atomic E-state index is -4.79. The van der Waals surface area contributed by atoms with Crippen LogP contribution in [-0.4, -0.2) is 29.3 Å². The lowest BCUT2D eigenvalue weighted by atomic mass is 9.96. The first-order chi connectivity index (χ1) is 13.9. The van der Waals surface area contributed by atoms with Gasteiger partial charge in [-0.15, -0.1) is 9.90 Å². The number of sulfonamides is 1. The van der Waals surface area contributed by atoms with E-state index < -0.39 is 32.7 Å². The van der Waals surface area contributed by atoms with Crippen molar-refractivity contribution in [3.63, 3.8) is 0 Å². The summed E-state index contributed by atoms with van der Waals surface area (Å²) >= 11 is 6.21. The second kappa shape index (κ2) is 7.70. The number of alkyl halides is 3. The fourth-order valence-corrected chi connectivity index (χ4v) is 4.06. The highest BCUT2D eigenvalue weighted by molar-refractivity contribution is 7.89. The smallest absolute Gasteiger partial charge is 0.369 e. The molecule has 0 saturated heterocycles. The van der Waals surface area contributed by atoms with Crippen LogP contribution in [0.5, 0.6) is 0 Å². The molecule has 158 valence electrons. The molecule has 0 spiro atoms. The SMILES string of the molecule is NC(=O)Cc1ccc(-n2ncc(C(F)(F)F)n2)c(S(N)(=O)=O)c1-c1ccccc1Cl. The van der Waals surface area contributed by atoms with Gasteiger partial charge in [0.25, 0.3) is 0 Å². The standard InChI is InChI=1S/C17H13ClF3N5O3S/c18-11-4-2-1-3-10(11)15-9(7-14(22)27)5-6-12(16(15)30(23,28)29)26-24-8-13(25-26)17(19,20)21/h1-6,8H,7H2,(H2,22,27)(H2,23,28,29). The number of aromatic nitrogens is 3. The van der Waals surface area contributed by atoms with Crippen LogP contribution < -0.4 is 10.9 Å². The predicted octanol–water partition coefficient (Wildman–Crippen LogP) is 2.28. The van der Waals surface area contributed by atoms with Crippen molar-refractivity contribution in [2.24, 2.45) is 10.9 Å². The molecule has 1 heterocycles. The van der Waals surface area contributed by atoms with Crippen LogP contribution in [-0.2, 0) is 27.4 Å². The van der Waals surface area contributed by atoms with Gasteiger partial charge in [0.15, 0.2) is 5.69 Å². The summed E-state index contributed by atoms with van der Waals surface area (Å²) in [5.41, 5.74) is 3.85. The molecular weight excluding hydrogens is 447 g/mol. The Balaban J connectivity index is 2.41. The summed E-state index contributed by atoms with van der Waals surface area (Å²) in [7, 11) is -4.55. The number of nitrogens with zero attached hydrogens (tertiary/aromatic N) is 3. The molecule has 3 rings (SSSR count). The maximum absolute atomic E-state index is 12.9. The van der Waals surface area contributed by atoms with E-state index in [4.69, 9.17) is 22.5 Å². The number of benzene rings is 2. The van der Waals surface area contributed by atoms with Gasteiger partial charge in [-0.1, -0.05) is 35.9 Å². The third kappa shape index (κ3) is 4.30. The van der Waals surface area contributed by atoms with E-state index in [1.807, 2.05) is 0 Å². The molecule has 0 atom stereocenters. The van der Waals surface area contributed by atoms with Gasteiger partial charge in [0.1, 0.15) is 10.6 Å². The quantitative estimate of drug-likeness (QED) is 0.603. The van der Waals surface area contributed by atoms with E-state index in [0.717, 1.165) is 6.07 Å². The zero-order chi connectivity index (χ0) is 22.3. The van der Waals surface area contributed by atoms with Crippen molar-refractivity contribution in [2.75, 3.05) is 0 Å². The molecule has 1 amide bonds. The lowest BCUT2D eigenvalue weighted by molar-refractivity contribution is -0.141. The fraction of sp³-hybridized carbons (Fsp3) is 0.118. The molecule has 1 aromatic heterocycles. The van der Waals surface area contributed by atoms with Crippen LogP contribution in [0.15, 0.2) is 47.5 Å². The Morgan fingerprint density at radius 2 is 1.83 bits per heavy atom. The molecule has 0 radical (unpaired) electrons. The summed E-state index contributed by atoms with van der Waals surface area (Å²) in [5.74, 6) is -0.770.